The summed E-state index contributed by atoms with van der Waals surface area (Å²) in [5.74, 6) is 1.56. The molecule has 2 N–H and O–H groups in total. The van der Waals surface area contributed by atoms with Gasteiger partial charge in [0.25, 0.3) is 10.0 Å². The van der Waals surface area contributed by atoms with Crippen LogP contribution in [-0.2, 0) is 10.0 Å². The average Bonchev–Trinajstić information content (AvgIpc) is 3.21. The fourth-order valence-electron chi connectivity index (χ4n) is 3.68. The summed E-state index contributed by atoms with van der Waals surface area (Å²) in [5, 5.41) is 2.72. The molecule has 0 spiro atoms. The Morgan fingerprint density at radius 2 is 1.96 bits per heavy atom. The molecule has 25 heavy (non-hydrogen) atoms. The van der Waals surface area contributed by atoms with Crippen LogP contribution < -0.4 is 10.0 Å². The average molecular weight is 360 g/mol. The number of urea groups is 1. The third-order valence-corrected chi connectivity index (χ3v) is 6.54. The van der Waals surface area contributed by atoms with Crippen molar-refractivity contribution in [3.05, 3.63) is 53.0 Å². The molecule has 0 heterocycles. The molecule has 1 aromatic rings. The first kappa shape index (κ1) is 17.7. The van der Waals surface area contributed by atoms with Crippen molar-refractivity contribution in [2.45, 2.75) is 26.2 Å². The lowest BCUT2D eigenvalue weighted by Gasteiger charge is -2.18. The lowest BCUT2D eigenvalue weighted by Crippen LogP contribution is -2.42. The van der Waals surface area contributed by atoms with Gasteiger partial charge in [0, 0.05) is 6.54 Å². The molecule has 3 atom stereocenters. The van der Waals surface area contributed by atoms with Gasteiger partial charge in [0.2, 0.25) is 0 Å². The van der Waals surface area contributed by atoms with Crippen molar-refractivity contribution in [3.8, 4) is 0 Å². The summed E-state index contributed by atoms with van der Waals surface area (Å²) in [6.07, 6.45) is 8.60. The molecule has 134 valence electrons. The Hall–Kier alpha value is -2.08. The maximum absolute atomic E-state index is 12.4. The van der Waals surface area contributed by atoms with E-state index in [2.05, 4.69) is 22.2 Å². The van der Waals surface area contributed by atoms with Crippen molar-refractivity contribution in [2.75, 3.05) is 6.54 Å². The number of allylic oxidation sites excluding steroid dienone is 3. The van der Waals surface area contributed by atoms with E-state index in [1.54, 1.807) is 13.0 Å². The Bertz CT molecular complexity index is 784. The second kappa shape index (κ2) is 7.44. The number of hydrogen-bond acceptors (Lipinski definition) is 3. The summed E-state index contributed by atoms with van der Waals surface area (Å²) in [4.78, 5) is 12.2. The number of benzene rings is 1. The van der Waals surface area contributed by atoms with Crippen molar-refractivity contribution in [3.63, 3.8) is 0 Å². The summed E-state index contributed by atoms with van der Waals surface area (Å²) >= 11 is 0. The molecule has 0 aromatic heterocycles. The first-order chi connectivity index (χ1) is 12.0. The number of fused-ring (bicyclic) bond motifs is 2. The Morgan fingerprint density at radius 3 is 2.56 bits per heavy atom. The topological polar surface area (TPSA) is 75.3 Å². The monoisotopic (exact) mass is 360 g/mol. The third-order valence-electron chi connectivity index (χ3n) is 4.99. The number of sulfonamides is 1. The quantitative estimate of drug-likeness (QED) is 0.765. The van der Waals surface area contributed by atoms with E-state index in [9.17, 15) is 13.2 Å². The van der Waals surface area contributed by atoms with Gasteiger partial charge < -0.3 is 5.32 Å². The summed E-state index contributed by atoms with van der Waals surface area (Å²) in [6, 6.07) is 8.56. The largest absolute Gasteiger partial charge is 0.337 e. The molecular formula is C19H24N2O3S. The van der Waals surface area contributed by atoms with Crippen molar-refractivity contribution < 1.29 is 13.2 Å². The predicted molar refractivity (Wildman–Crippen MR) is 99.0 cm³/mol. The molecule has 6 heteroatoms. The van der Waals surface area contributed by atoms with Gasteiger partial charge in [-0.25, -0.2) is 17.9 Å². The normalized spacial score (nSPS) is 25.2. The highest BCUT2D eigenvalue weighted by molar-refractivity contribution is 7.94. The van der Waals surface area contributed by atoms with Gasteiger partial charge in [0.15, 0.2) is 0 Å². The molecule has 2 aliphatic carbocycles. The van der Waals surface area contributed by atoms with E-state index >= 15 is 0 Å². The summed E-state index contributed by atoms with van der Waals surface area (Å²) in [6.45, 7) is 2.27. The number of amides is 2. The first-order valence-corrected chi connectivity index (χ1v) is 10.2. The fourth-order valence-corrected chi connectivity index (χ4v) is 4.80. The van der Waals surface area contributed by atoms with Crippen LogP contribution in [0.3, 0.4) is 0 Å². The van der Waals surface area contributed by atoms with Crippen LogP contribution >= 0.6 is 0 Å². The number of carbonyl (C=O) groups is 1. The van der Waals surface area contributed by atoms with Crippen LogP contribution in [0.15, 0.2) is 47.4 Å². The van der Waals surface area contributed by atoms with Gasteiger partial charge in [0.1, 0.15) is 0 Å². The van der Waals surface area contributed by atoms with Crippen LogP contribution in [0.4, 0.5) is 4.79 Å². The Labute approximate surface area is 149 Å². The van der Waals surface area contributed by atoms with E-state index < -0.39 is 16.1 Å². The number of carbonyl (C=O) groups excluding carboxylic acids is 1. The molecule has 1 aromatic carbocycles. The number of hydrogen-bond donors (Lipinski definition) is 2. The number of rotatable bonds is 6. The lowest BCUT2D eigenvalue weighted by atomic mass is 9.94. The molecule has 2 amide bonds. The SMILES string of the molecule is CC/C(=C\c1ccccc1)S(=O)(=O)NC(=O)NCC1CC2C=CC1C2. The molecule has 1 fully saturated rings. The second-order valence-electron chi connectivity index (χ2n) is 6.73. The smallest absolute Gasteiger partial charge is 0.328 e. The number of nitrogens with one attached hydrogen (secondary N) is 2. The minimum Gasteiger partial charge on any atom is -0.337 e. The molecule has 1 saturated carbocycles. The highest BCUT2D eigenvalue weighted by Crippen LogP contribution is 2.42. The third kappa shape index (κ3) is 4.31. The van der Waals surface area contributed by atoms with Gasteiger partial charge in [-0.3, -0.25) is 0 Å². The molecule has 2 bridgehead atoms. The Morgan fingerprint density at radius 1 is 1.20 bits per heavy atom. The van der Waals surface area contributed by atoms with E-state index in [0.29, 0.717) is 30.7 Å². The second-order valence-corrected chi connectivity index (χ2v) is 8.47. The van der Waals surface area contributed by atoms with Crippen molar-refractivity contribution >= 4 is 22.1 Å². The van der Waals surface area contributed by atoms with Crippen LogP contribution in [-0.4, -0.2) is 21.0 Å². The van der Waals surface area contributed by atoms with Gasteiger partial charge in [-0.2, -0.15) is 0 Å². The van der Waals surface area contributed by atoms with E-state index in [1.165, 1.54) is 0 Å². The van der Waals surface area contributed by atoms with Crippen molar-refractivity contribution in [2.24, 2.45) is 17.8 Å². The van der Waals surface area contributed by atoms with Crippen LogP contribution in [0.2, 0.25) is 0 Å². The molecule has 2 aliphatic rings. The molecule has 0 saturated heterocycles. The minimum atomic E-state index is -3.84. The summed E-state index contributed by atoms with van der Waals surface area (Å²) < 4.78 is 27.0. The molecule has 3 unspecified atom stereocenters. The van der Waals surface area contributed by atoms with E-state index in [-0.39, 0.29) is 4.91 Å². The van der Waals surface area contributed by atoms with Crippen LogP contribution in [0, 0.1) is 17.8 Å². The van der Waals surface area contributed by atoms with Crippen LogP contribution in [0.25, 0.3) is 6.08 Å². The molecular weight excluding hydrogens is 336 g/mol. The minimum absolute atomic E-state index is 0.191. The first-order valence-electron chi connectivity index (χ1n) is 8.72. The van der Waals surface area contributed by atoms with E-state index in [0.717, 1.165) is 18.4 Å². The van der Waals surface area contributed by atoms with Crippen LogP contribution in [0.1, 0.15) is 31.7 Å². The maximum Gasteiger partial charge on any atom is 0.328 e. The summed E-state index contributed by atoms with van der Waals surface area (Å²) in [7, 11) is -3.84. The zero-order chi connectivity index (χ0) is 17.9. The standard InChI is InChI=1S/C19H24N2O3S/c1-2-18(12-14-6-4-3-5-7-14)25(23,24)21-19(22)20-13-17-11-15-8-9-16(17)10-15/h3-9,12,15-17H,2,10-11,13H2,1H3,(H2,20,21,22)/b18-12+. The van der Waals surface area contributed by atoms with Gasteiger partial charge >= 0.3 is 6.03 Å². The fraction of sp³-hybridized carbons (Fsp3) is 0.421. The van der Waals surface area contributed by atoms with Gasteiger partial charge in [-0.1, -0.05) is 49.4 Å². The van der Waals surface area contributed by atoms with Gasteiger partial charge in [0.05, 0.1) is 4.91 Å². The lowest BCUT2D eigenvalue weighted by molar-refractivity contribution is 0.243. The molecule has 3 rings (SSSR count). The van der Waals surface area contributed by atoms with Gasteiger partial charge in [-0.05, 0) is 48.7 Å². The Balaban J connectivity index is 1.58. The van der Waals surface area contributed by atoms with Gasteiger partial charge in [-0.15, -0.1) is 0 Å². The molecule has 5 nitrogen and oxygen atoms in total. The Kier molecular flexibility index (Phi) is 5.27. The zero-order valence-electron chi connectivity index (χ0n) is 14.3. The highest BCUT2D eigenvalue weighted by atomic mass is 32.2. The van der Waals surface area contributed by atoms with Crippen molar-refractivity contribution in [1.82, 2.24) is 10.0 Å². The molecule has 0 aliphatic heterocycles. The predicted octanol–water partition coefficient (Wildman–Crippen LogP) is 3.28. The zero-order valence-corrected chi connectivity index (χ0v) is 15.1. The van der Waals surface area contributed by atoms with E-state index in [4.69, 9.17) is 0 Å². The van der Waals surface area contributed by atoms with E-state index in [1.807, 2.05) is 30.3 Å². The summed E-state index contributed by atoms with van der Waals surface area (Å²) in [5.41, 5.74) is 0.791. The van der Waals surface area contributed by atoms with Crippen LogP contribution in [0.5, 0.6) is 0 Å². The maximum atomic E-state index is 12.4. The highest BCUT2D eigenvalue weighted by Gasteiger charge is 2.35. The van der Waals surface area contributed by atoms with Crippen molar-refractivity contribution in [1.29, 1.82) is 0 Å². The molecule has 0 radical (unpaired) electrons.